The highest BCUT2D eigenvalue weighted by molar-refractivity contribution is 8.00. The molecule has 1 N–H and O–H groups in total. The van der Waals surface area contributed by atoms with Crippen LogP contribution in [-0.4, -0.2) is 23.7 Å². The maximum atomic E-state index is 12.7. The molecule has 138 valence electrons. The Morgan fingerprint density at radius 1 is 1.15 bits per heavy atom. The molecule has 0 aliphatic rings. The van der Waals surface area contributed by atoms with Crippen molar-refractivity contribution in [2.75, 3.05) is 11.9 Å². The van der Waals surface area contributed by atoms with Gasteiger partial charge in [0.25, 0.3) is 0 Å². The molecule has 4 nitrogen and oxygen atoms in total. The fourth-order valence-corrected chi connectivity index (χ4v) is 3.49. The van der Waals surface area contributed by atoms with Crippen LogP contribution in [-0.2, 0) is 9.53 Å². The van der Waals surface area contributed by atoms with Crippen LogP contribution < -0.4 is 5.32 Å². The molecule has 2 aromatic rings. The first-order valence-corrected chi connectivity index (χ1v) is 9.71. The van der Waals surface area contributed by atoms with Crippen molar-refractivity contribution >= 4 is 40.9 Å². The Morgan fingerprint density at radius 3 is 2.46 bits per heavy atom. The van der Waals surface area contributed by atoms with Gasteiger partial charge in [0.1, 0.15) is 0 Å². The lowest BCUT2D eigenvalue weighted by molar-refractivity contribution is -0.115. The summed E-state index contributed by atoms with van der Waals surface area (Å²) in [7, 11) is 0. The number of amides is 1. The van der Waals surface area contributed by atoms with E-state index in [0.717, 1.165) is 4.90 Å². The van der Waals surface area contributed by atoms with Crippen LogP contribution >= 0.6 is 23.4 Å². The van der Waals surface area contributed by atoms with E-state index in [2.05, 4.69) is 5.32 Å². The normalized spacial score (nSPS) is 11.7. The quantitative estimate of drug-likeness (QED) is 0.511. The van der Waals surface area contributed by atoms with E-state index in [4.69, 9.17) is 16.3 Å². The summed E-state index contributed by atoms with van der Waals surface area (Å²) in [5.74, 6) is -0.486. The summed E-state index contributed by atoms with van der Waals surface area (Å²) in [5, 5.41) is 3.35. The first-order valence-electron chi connectivity index (χ1n) is 8.46. The molecule has 0 saturated heterocycles. The van der Waals surface area contributed by atoms with Crippen molar-refractivity contribution in [2.24, 2.45) is 0 Å². The molecule has 6 heteroatoms. The number of nitrogens with one attached hydrogen (secondary N) is 1. The second-order valence-corrected chi connectivity index (χ2v) is 7.37. The summed E-state index contributed by atoms with van der Waals surface area (Å²) < 4.78 is 5.06. The number of halogens is 1. The minimum Gasteiger partial charge on any atom is -0.462 e. The van der Waals surface area contributed by atoms with Gasteiger partial charge in [-0.05, 0) is 62.2 Å². The van der Waals surface area contributed by atoms with Crippen LogP contribution in [0.2, 0.25) is 5.02 Å². The number of benzene rings is 2. The minimum absolute atomic E-state index is 0.100. The van der Waals surface area contributed by atoms with E-state index < -0.39 is 0 Å². The Balaban J connectivity index is 2.13. The third-order valence-electron chi connectivity index (χ3n) is 3.84. The average molecular weight is 392 g/mol. The SMILES string of the molecule is CCOC(=O)c1cccc(NC(=O)[C@H](CC)Sc2ccc(Cl)cc2)c1C. The molecule has 26 heavy (non-hydrogen) atoms. The molecule has 0 heterocycles. The van der Waals surface area contributed by atoms with Crippen LogP contribution in [0, 0.1) is 6.92 Å². The Kier molecular flexibility index (Phi) is 7.54. The number of carbonyl (C=O) groups excluding carboxylic acids is 2. The lowest BCUT2D eigenvalue weighted by Gasteiger charge is -2.17. The van der Waals surface area contributed by atoms with Gasteiger partial charge in [0.05, 0.1) is 17.4 Å². The summed E-state index contributed by atoms with van der Waals surface area (Å²) in [6.07, 6.45) is 0.676. The molecule has 0 aromatic heterocycles. The molecule has 0 unspecified atom stereocenters. The smallest absolute Gasteiger partial charge is 0.338 e. The van der Waals surface area contributed by atoms with E-state index in [1.807, 2.05) is 31.2 Å². The van der Waals surface area contributed by atoms with Crippen molar-refractivity contribution in [2.45, 2.75) is 37.3 Å². The zero-order valence-electron chi connectivity index (χ0n) is 15.0. The van der Waals surface area contributed by atoms with E-state index in [1.165, 1.54) is 11.8 Å². The van der Waals surface area contributed by atoms with Crippen LogP contribution in [0.1, 0.15) is 36.2 Å². The Hall–Kier alpha value is -1.98. The Morgan fingerprint density at radius 2 is 1.85 bits per heavy atom. The van der Waals surface area contributed by atoms with E-state index in [1.54, 1.807) is 32.0 Å². The highest BCUT2D eigenvalue weighted by Crippen LogP contribution is 2.28. The lowest BCUT2D eigenvalue weighted by atomic mass is 10.1. The van der Waals surface area contributed by atoms with E-state index in [9.17, 15) is 9.59 Å². The number of ether oxygens (including phenoxy) is 1. The van der Waals surface area contributed by atoms with Crippen molar-refractivity contribution in [3.8, 4) is 0 Å². The summed E-state index contributed by atoms with van der Waals surface area (Å²) in [4.78, 5) is 25.7. The van der Waals surface area contributed by atoms with Gasteiger partial charge in [0.2, 0.25) is 5.91 Å². The van der Waals surface area contributed by atoms with Gasteiger partial charge in [-0.25, -0.2) is 4.79 Å². The van der Waals surface area contributed by atoms with Crippen LogP contribution in [0.4, 0.5) is 5.69 Å². The molecule has 2 rings (SSSR count). The largest absolute Gasteiger partial charge is 0.462 e. The molecule has 0 aliphatic carbocycles. The van der Waals surface area contributed by atoms with Gasteiger partial charge in [0, 0.05) is 15.6 Å². The van der Waals surface area contributed by atoms with Gasteiger partial charge in [-0.1, -0.05) is 24.6 Å². The van der Waals surface area contributed by atoms with E-state index >= 15 is 0 Å². The molecular weight excluding hydrogens is 370 g/mol. The van der Waals surface area contributed by atoms with Crippen molar-refractivity contribution in [3.63, 3.8) is 0 Å². The summed E-state index contributed by atoms with van der Waals surface area (Å²) in [6.45, 7) is 5.84. The molecule has 1 amide bonds. The number of hydrogen-bond donors (Lipinski definition) is 1. The van der Waals surface area contributed by atoms with E-state index in [-0.39, 0.29) is 17.1 Å². The number of hydrogen-bond acceptors (Lipinski definition) is 4. The molecule has 0 fully saturated rings. The first kappa shape index (κ1) is 20.3. The summed E-state index contributed by atoms with van der Waals surface area (Å²) in [5.41, 5.74) is 1.78. The maximum Gasteiger partial charge on any atom is 0.338 e. The van der Waals surface area contributed by atoms with Crippen molar-refractivity contribution in [1.29, 1.82) is 0 Å². The zero-order chi connectivity index (χ0) is 19.1. The third kappa shape index (κ3) is 5.26. The van der Waals surface area contributed by atoms with Gasteiger partial charge in [-0.3, -0.25) is 4.79 Å². The monoisotopic (exact) mass is 391 g/mol. The molecular formula is C20H22ClNO3S. The molecule has 0 aliphatic heterocycles. The third-order valence-corrected chi connectivity index (χ3v) is 5.47. The van der Waals surface area contributed by atoms with Gasteiger partial charge < -0.3 is 10.1 Å². The van der Waals surface area contributed by atoms with Crippen LogP contribution in [0.3, 0.4) is 0 Å². The highest BCUT2D eigenvalue weighted by Gasteiger charge is 2.20. The summed E-state index contributed by atoms with van der Waals surface area (Å²) >= 11 is 7.39. The Bertz CT molecular complexity index is 777. The maximum absolute atomic E-state index is 12.7. The number of rotatable bonds is 7. The van der Waals surface area contributed by atoms with Crippen molar-refractivity contribution in [1.82, 2.24) is 0 Å². The van der Waals surface area contributed by atoms with Crippen LogP contribution in [0.5, 0.6) is 0 Å². The summed E-state index contributed by atoms with van der Waals surface area (Å²) in [6, 6.07) is 12.6. The first-order chi connectivity index (χ1) is 12.5. The van der Waals surface area contributed by atoms with Crippen LogP contribution in [0.15, 0.2) is 47.4 Å². The van der Waals surface area contributed by atoms with Gasteiger partial charge in [-0.2, -0.15) is 0 Å². The van der Waals surface area contributed by atoms with Gasteiger partial charge >= 0.3 is 5.97 Å². The number of thioether (sulfide) groups is 1. The molecule has 0 radical (unpaired) electrons. The lowest BCUT2D eigenvalue weighted by Crippen LogP contribution is -2.25. The number of esters is 1. The fourth-order valence-electron chi connectivity index (χ4n) is 2.41. The number of anilines is 1. The number of carbonyl (C=O) groups is 2. The van der Waals surface area contributed by atoms with Crippen molar-refractivity contribution in [3.05, 3.63) is 58.6 Å². The zero-order valence-corrected chi connectivity index (χ0v) is 16.6. The fraction of sp³-hybridized carbons (Fsp3) is 0.300. The van der Waals surface area contributed by atoms with Gasteiger partial charge in [-0.15, -0.1) is 11.8 Å². The second kappa shape index (κ2) is 9.64. The van der Waals surface area contributed by atoms with Crippen LogP contribution in [0.25, 0.3) is 0 Å². The second-order valence-electron chi connectivity index (χ2n) is 5.66. The molecule has 0 spiro atoms. The molecule has 1 atom stereocenters. The van der Waals surface area contributed by atoms with Crippen molar-refractivity contribution < 1.29 is 14.3 Å². The predicted molar refractivity (Wildman–Crippen MR) is 107 cm³/mol. The topological polar surface area (TPSA) is 55.4 Å². The molecule has 2 aromatic carbocycles. The molecule has 0 saturated carbocycles. The Labute approximate surface area is 163 Å². The molecule has 0 bridgehead atoms. The average Bonchev–Trinajstić information content (AvgIpc) is 2.63. The highest BCUT2D eigenvalue weighted by atomic mass is 35.5. The minimum atomic E-state index is -0.385. The standard InChI is InChI=1S/C20H22ClNO3S/c1-4-18(26-15-11-9-14(21)10-12-15)19(23)22-17-8-6-7-16(13(17)3)20(24)25-5-2/h6-12,18H,4-5H2,1-3H3,(H,22,23)/t18-/m0/s1. The predicted octanol–water partition coefficient (Wildman–Crippen LogP) is 5.33. The van der Waals surface area contributed by atoms with E-state index in [0.29, 0.717) is 34.9 Å². The van der Waals surface area contributed by atoms with Gasteiger partial charge in [0.15, 0.2) is 0 Å².